The molecule has 0 saturated carbocycles. The molecule has 0 radical (unpaired) electrons. The van der Waals surface area contributed by atoms with Crippen LogP contribution in [0.3, 0.4) is 0 Å². The van der Waals surface area contributed by atoms with Crippen molar-refractivity contribution in [1.29, 1.82) is 0 Å². The maximum absolute atomic E-state index is 12.4. The summed E-state index contributed by atoms with van der Waals surface area (Å²) in [7, 11) is -3.56. The van der Waals surface area contributed by atoms with Crippen LogP contribution in [-0.2, 0) is 14.8 Å². The smallest absolute Gasteiger partial charge is 0.476 e. The molecule has 0 aliphatic carbocycles. The van der Waals surface area contributed by atoms with Crippen LogP contribution in [0.1, 0.15) is 5.56 Å². The molecule has 0 aliphatic rings. The highest BCUT2D eigenvalue weighted by molar-refractivity contribution is 7.90. The molecule has 0 spiro atoms. The molecule has 0 heterocycles. The first-order valence-electron chi connectivity index (χ1n) is 6.93. The number of hydrogen-bond donors (Lipinski definition) is 0. The number of sulfonamides is 1. The van der Waals surface area contributed by atoms with Gasteiger partial charge in [-0.1, -0.05) is 41.4 Å². The van der Waals surface area contributed by atoms with Gasteiger partial charge in [0.05, 0.1) is 17.1 Å². The summed E-state index contributed by atoms with van der Waals surface area (Å²) in [6.45, 7) is 0. The Morgan fingerprint density at radius 2 is 1.85 bits per heavy atom. The number of nitro groups is 1. The summed E-state index contributed by atoms with van der Waals surface area (Å²) in [5.74, 6) is -0.543. The van der Waals surface area contributed by atoms with Crippen molar-refractivity contribution in [2.75, 3.05) is 7.11 Å². The van der Waals surface area contributed by atoms with Gasteiger partial charge in [0.25, 0.3) is 0 Å². The van der Waals surface area contributed by atoms with Gasteiger partial charge in [-0.25, -0.2) is 0 Å². The van der Waals surface area contributed by atoms with Crippen LogP contribution in [0.2, 0.25) is 10.0 Å². The number of halogens is 2. The third-order valence-corrected chi connectivity index (χ3v) is 4.70. The Hall–Kier alpha value is -2.36. The fourth-order valence-corrected chi connectivity index (χ4v) is 3.24. The molecule has 26 heavy (non-hydrogen) atoms. The summed E-state index contributed by atoms with van der Waals surface area (Å²) in [5, 5.41) is 11.4. The van der Waals surface area contributed by atoms with Gasteiger partial charge < -0.3 is 9.47 Å². The van der Waals surface area contributed by atoms with Crippen LogP contribution < -0.4 is 4.74 Å². The lowest BCUT2D eigenvalue weighted by atomic mass is 10.2. The largest absolute Gasteiger partial charge is 0.480 e. The van der Waals surface area contributed by atoms with Crippen LogP contribution in [0.5, 0.6) is 5.75 Å². The summed E-state index contributed by atoms with van der Waals surface area (Å²) in [5.41, 5.74) is -2.19. The molecule has 2 aromatic rings. The van der Waals surface area contributed by atoms with Gasteiger partial charge in [-0.3, -0.25) is 10.1 Å². The first kappa shape index (κ1) is 20.0. The Bertz CT molecular complexity index is 934. The molecule has 1 unspecified atom stereocenters. The lowest BCUT2D eigenvalue weighted by molar-refractivity contribution is -0.534. The standard InChI is InChI=1S/C15H12Cl2N2O6S/c1-24-14(10-5-3-2-4-6-10)18-26(22,23)15(19(20)21)25-13-8-7-11(16)9-12(13)17/h2-9,15H,1H3/b18-14-. The summed E-state index contributed by atoms with van der Waals surface area (Å²) in [6.07, 6.45) is 0. The predicted octanol–water partition coefficient (Wildman–Crippen LogP) is 3.36. The lowest BCUT2D eigenvalue weighted by Gasteiger charge is -2.12. The fourth-order valence-electron chi connectivity index (χ4n) is 1.84. The fraction of sp³-hybridized carbons (Fsp3) is 0.133. The minimum atomic E-state index is -4.76. The van der Waals surface area contributed by atoms with Crippen molar-refractivity contribution in [2.45, 2.75) is 5.56 Å². The van der Waals surface area contributed by atoms with Gasteiger partial charge >= 0.3 is 15.6 Å². The zero-order valence-electron chi connectivity index (χ0n) is 13.2. The number of hydrogen-bond acceptors (Lipinski definition) is 6. The molecule has 138 valence electrons. The zero-order chi connectivity index (χ0) is 19.3. The molecule has 0 fully saturated rings. The van der Waals surface area contributed by atoms with Crippen molar-refractivity contribution in [3.05, 3.63) is 74.3 Å². The maximum atomic E-state index is 12.4. The molecule has 0 amide bonds. The number of methoxy groups -OCH3 is 1. The van der Waals surface area contributed by atoms with Crippen molar-refractivity contribution in [3.8, 4) is 5.75 Å². The van der Waals surface area contributed by atoms with E-state index in [1.807, 2.05) is 0 Å². The van der Waals surface area contributed by atoms with E-state index in [0.29, 0.717) is 5.56 Å². The lowest BCUT2D eigenvalue weighted by Crippen LogP contribution is -2.35. The van der Waals surface area contributed by atoms with Gasteiger partial charge in [-0.05, 0) is 30.3 Å². The van der Waals surface area contributed by atoms with Crippen molar-refractivity contribution in [3.63, 3.8) is 0 Å². The number of rotatable bonds is 6. The molecular formula is C15H12Cl2N2O6S. The second kappa shape index (κ2) is 8.35. The van der Waals surface area contributed by atoms with Crippen LogP contribution in [0.15, 0.2) is 52.9 Å². The highest BCUT2D eigenvalue weighted by atomic mass is 35.5. The van der Waals surface area contributed by atoms with E-state index in [0.717, 1.165) is 0 Å². The summed E-state index contributed by atoms with van der Waals surface area (Å²) >= 11 is 11.6. The van der Waals surface area contributed by atoms with E-state index >= 15 is 0 Å². The summed E-state index contributed by atoms with van der Waals surface area (Å²) in [4.78, 5) is 10.1. The van der Waals surface area contributed by atoms with Gasteiger partial charge in [-0.2, -0.15) is 8.42 Å². The minimum absolute atomic E-state index is 0.0847. The van der Waals surface area contributed by atoms with Gasteiger partial charge in [0.15, 0.2) is 0 Å². The second-order valence-corrected chi connectivity index (χ2v) is 7.23. The highest BCUT2D eigenvalue weighted by Crippen LogP contribution is 2.29. The Labute approximate surface area is 159 Å². The van der Waals surface area contributed by atoms with Gasteiger partial charge in [0.2, 0.25) is 5.90 Å². The molecule has 0 N–H and O–H groups in total. The van der Waals surface area contributed by atoms with Gasteiger partial charge in [0, 0.05) is 10.6 Å². The molecule has 0 aromatic heterocycles. The Morgan fingerprint density at radius 1 is 1.19 bits per heavy atom. The Kier molecular flexibility index (Phi) is 6.41. The predicted molar refractivity (Wildman–Crippen MR) is 96.8 cm³/mol. The first-order chi connectivity index (χ1) is 12.2. The van der Waals surface area contributed by atoms with E-state index in [1.54, 1.807) is 18.2 Å². The number of ether oxygens (including phenoxy) is 2. The van der Waals surface area contributed by atoms with Crippen LogP contribution in [-0.4, -0.2) is 31.9 Å². The topological polar surface area (TPSA) is 108 Å². The van der Waals surface area contributed by atoms with E-state index in [-0.39, 0.29) is 21.7 Å². The zero-order valence-corrected chi connectivity index (χ0v) is 15.5. The third-order valence-electron chi connectivity index (χ3n) is 2.97. The van der Waals surface area contributed by atoms with E-state index in [1.165, 1.54) is 37.4 Å². The quantitative estimate of drug-likeness (QED) is 0.234. The van der Waals surface area contributed by atoms with Gasteiger partial charge in [-0.15, -0.1) is 4.40 Å². The van der Waals surface area contributed by atoms with Crippen molar-refractivity contribution in [2.24, 2.45) is 4.40 Å². The van der Waals surface area contributed by atoms with Crippen LogP contribution in [0.25, 0.3) is 0 Å². The van der Waals surface area contributed by atoms with Crippen LogP contribution in [0, 0.1) is 10.1 Å². The van der Waals surface area contributed by atoms with Crippen LogP contribution in [0.4, 0.5) is 0 Å². The van der Waals surface area contributed by atoms with Crippen molar-refractivity contribution >= 4 is 39.1 Å². The maximum Gasteiger partial charge on any atom is 0.476 e. The molecule has 0 saturated heterocycles. The average Bonchev–Trinajstić information content (AvgIpc) is 2.59. The van der Waals surface area contributed by atoms with E-state index in [9.17, 15) is 18.5 Å². The average molecular weight is 419 g/mol. The van der Waals surface area contributed by atoms with E-state index < -0.39 is 20.5 Å². The minimum Gasteiger partial charge on any atom is -0.480 e. The molecule has 0 aliphatic heterocycles. The van der Waals surface area contributed by atoms with Gasteiger partial charge in [0.1, 0.15) is 5.75 Å². The second-order valence-electron chi connectivity index (χ2n) is 4.77. The van der Waals surface area contributed by atoms with E-state index in [2.05, 4.69) is 4.40 Å². The SMILES string of the molecule is CO/C(=N\S(=O)(=O)C(Oc1ccc(Cl)cc1Cl)[N+](=O)[O-])c1ccccc1. The molecular weight excluding hydrogens is 407 g/mol. The van der Waals surface area contributed by atoms with Crippen molar-refractivity contribution < 1.29 is 22.8 Å². The monoisotopic (exact) mass is 418 g/mol. The molecule has 8 nitrogen and oxygen atoms in total. The molecule has 0 bridgehead atoms. The number of nitrogens with zero attached hydrogens (tertiary/aromatic N) is 2. The highest BCUT2D eigenvalue weighted by Gasteiger charge is 2.40. The molecule has 11 heteroatoms. The molecule has 1 atom stereocenters. The normalized spacial score (nSPS) is 13.1. The third kappa shape index (κ3) is 4.84. The Balaban J connectivity index is 2.41. The Morgan fingerprint density at radius 3 is 2.38 bits per heavy atom. The van der Waals surface area contributed by atoms with Crippen LogP contribution >= 0.6 is 23.2 Å². The molecule has 2 rings (SSSR count). The summed E-state index contributed by atoms with van der Waals surface area (Å²) in [6, 6.07) is 11.9. The van der Waals surface area contributed by atoms with Crippen molar-refractivity contribution in [1.82, 2.24) is 0 Å². The number of benzene rings is 2. The summed E-state index contributed by atoms with van der Waals surface area (Å²) < 4.78 is 38.1. The first-order valence-corrected chi connectivity index (χ1v) is 9.19. The molecule has 2 aromatic carbocycles. The van der Waals surface area contributed by atoms with E-state index in [4.69, 9.17) is 32.7 Å².